The van der Waals surface area contributed by atoms with Gasteiger partial charge in [-0.15, -0.1) is 0 Å². The quantitative estimate of drug-likeness (QED) is 0.0432. The summed E-state index contributed by atoms with van der Waals surface area (Å²) < 4.78 is 19.3. The molecule has 0 aliphatic heterocycles. The number of carbonyl (C=O) groups excluding carboxylic acids is 22. The lowest BCUT2D eigenvalue weighted by molar-refractivity contribution is -0.138. The number of ketones is 22. The predicted molar refractivity (Wildman–Crippen MR) is 388 cm³/mol. The molecule has 0 heterocycles. The lowest BCUT2D eigenvalue weighted by Gasteiger charge is -2.06. The van der Waals surface area contributed by atoms with Crippen LogP contribution in [0.3, 0.4) is 0 Å². The average molecular weight is 1520 g/mol. The molecule has 30 heteroatoms. The summed E-state index contributed by atoms with van der Waals surface area (Å²) >= 11 is 5.49. The molecule has 26 nitrogen and oxygen atoms in total. The van der Waals surface area contributed by atoms with Gasteiger partial charge in [0, 0.05) is 89.9 Å². The van der Waals surface area contributed by atoms with Crippen molar-refractivity contribution in [2.75, 3.05) is 77.9 Å². The molecule has 576 valence electrons. The first kappa shape index (κ1) is 102. The molecule has 0 amide bonds. The summed E-state index contributed by atoms with van der Waals surface area (Å²) in [7, 11) is 0. The Morgan fingerprint density at radius 3 is 0.657 bits per heavy atom. The molecule has 0 radical (unpaired) electrons. The molecule has 4 aliphatic carbocycles. The number of Topliss-reactive ketones (excluding diaryl/α,β-unsaturated/α-hetero) is 22. The summed E-state index contributed by atoms with van der Waals surface area (Å²) in [5.41, 5.74) is 0. The smallest absolute Gasteiger partial charge is 0.164 e. The van der Waals surface area contributed by atoms with Gasteiger partial charge in [0.15, 0.2) is 69.4 Å². The van der Waals surface area contributed by atoms with E-state index < -0.39 is 23.7 Å². The van der Waals surface area contributed by atoms with E-state index in [0.717, 1.165) is 0 Å². The fraction of sp³-hybridized carbons (Fsp3) is 0.694. The van der Waals surface area contributed by atoms with Gasteiger partial charge in [0.2, 0.25) is 0 Å². The summed E-state index contributed by atoms with van der Waals surface area (Å²) in [6.07, 6.45) is 13.1. The van der Waals surface area contributed by atoms with Crippen LogP contribution in [0.4, 0.5) is 0 Å². The van der Waals surface area contributed by atoms with Gasteiger partial charge in [-0.25, -0.2) is 0 Å². The minimum Gasteiger partial charge on any atom is -0.373 e. The van der Waals surface area contributed by atoms with E-state index in [1.54, 1.807) is 12.5 Å². The number of thioether (sulfide) groups is 4. The average Bonchev–Trinajstić information content (AvgIpc) is 1.71. The van der Waals surface area contributed by atoms with Crippen molar-refractivity contribution in [3.05, 3.63) is 0 Å². The topological polar surface area (TPSA) is 412 Å². The summed E-state index contributed by atoms with van der Waals surface area (Å²) in [4.78, 5) is 242. The maximum Gasteiger partial charge on any atom is 0.164 e. The number of ether oxygens (including phenoxy) is 4. The van der Waals surface area contributed by atoms with Crippen LogP contribution in [0.25, 0.3) is 0 Å². The van der Waals surface area contributed by atoms with Gasteiger partial charge in [-0.05, 0) is 134 Å². The fourth-order valence-electron chi connectivity index (χ4n) is 8.92. The van der Waals surface area contributed by atoms with Crippen LogP contribution in [-0.4, -0.2) is 226 Å². The molecular weight excluding hydrogens is 1410 g/mol. The van der Waals surface area contributed by atoms with Crippen LogP contribution in [0.1, 0.15) is 199 Å². The molecule has 0 N–H and O–H groups in total. The number of hydrogen-bond acceptors (Lipinski definition) is 30. The summed E-state index contributed by atoms with van der Waals surface area (Å²) in [5, 5.41) is -1.05. The van der Waals surface area contributed by atoms with E-state index in [4.69, 9.17) is 18.9 Å². The van der Waals surface area contributed by atoms with Crippen molar-refractivity contribution in [1.82, 2.24) is 0 Å². The normalized spacial score (nSPS) is 19.1. The second kappa shape index (κ2) is 60.3. The summed E-state index contributed by atoms with van der Waals surface area (Å²) in [6.45, 7) is 19.6. The lowest BCUT2D eigenvalue weighted by atomic mass is 9.96. The van der Waals surface area contributed by atoms with E-state index in [1.165, 1.54) is 130 Å². The van der Waals surface area contributed by atoms with Crippen LogP contribution >= 0.6 is 47.0 Å². The summed E-state index contributed by atoms with van der Waals surface area (Å²) in [6, 6.07) is 0. The van der Waals surface area contributed by atoms with Gasteiger partial charge in [0.05, 0.1) is 59.3 Å². The zero-order valence-corrected chi connectivity index (χ0v) is 65.5. The van der Waals surface area contributed by atoms with Gasteiger partial charge in [0.1, 0.15) is 96.1 Å². The maximum atomic E-state index is 11.8. The van der Waals surface area contributed by atoms with E-state index in [0.29, 0.717) is 116 Å². The van der Waals surface area contributed by atoms with Gasteiger partial charge < -0.3 is 38.1 Å². The Bertz CT molecular complexity index is 2580. The molecule has 4 fully saturated rings. The third kappa shape index (κ3) is 52.9. The summed E-state index contributed by atoms with van der Waals surface area (Å²) in [5.74, 6) is -4.32. The Morgan fingerprint density at radius 2 is 0.480 bits per heavy atom. The highest BCUT2D eigenvalue weighted by Gasteiger charge is 2.46. The highest BCUT2D eigenvalue weighted by molar-refractivity contribution is 8.00. The van der Waals surface area contributed by atoms with Crippen molar-refractivity contribution < 1.29 is 124 Å². The van der Waals surface area contributed by atoms with Gasteiger partial charge in [-0.2, -0.15) is 47.0 Å². The molecule has 0 aromatic rings. The Balaban J connectivity index is -0.000000544. The molecule has 102 heavy (non-hydrogen) atoms. The standard InChI is InChI=1S/2C12H16O4S.2C10H14O3S.4C7H12O3/c2*1-7(13)4-3-5-8(14)11-9(15)6-10(17-2)12(11)16;2*1-6(11)3-4-7-8(12)5-9(14-2)10(7)13;4*1-6(8)3-4-10-5-7(2)9/h2*10-11H,3-6H2,1-2H3;2*7,9H,3-5H2,1-2H3;4*3-5H2,1-2H3. The van der Waals surface area contributed by atoms with Crippen LogP contribution in [0.15, 0.2) is 0 Å². The first-order chi connectivity index (χ1) is 47.6. The zero-order valence-electron chi connectivity index (χ0n) is 62.3. The van der Waals surface area contributed by atoms with Crippen molar-refractivity contribution in [3.8, 4) is 0 Å². The molecule has 0 spiro atoms. The molecular formula is C72H108O26S4. The van der Waals surface area contributed by atoms with E-state index >= 15 is 0 Å². The van der Waals surface area contributed by atoms with Gasteiger partial charge in [-0.3, -0.25) is 86.3 Å². The molecule has 4 aliphatic rings. The van der Waals surface area contributed by atoms with Crippen molar-refractivity contribution in [2.24, 2.45) is 23.7 Å². The number of rotatable bonds is 40. The number of carbonyl (C=O) groups is 22. The van der Waals surface area contributed by atoms with E-state index in [9.17, 15) is 105 Å². The first-order valence-electron chi connectivity index (χ1n) is 33.2. The predicted octanol–water partition coefficient (Wildman–Crippen LogP) is 7.18. The molecule has 0 saturated heterocycles. The molecule has 0 aromatic heterocycles. The minimum atomic E-state index is -1.06. The van der Waals surface area contributed by atoms with Gasteiger partial charge >= 0.3 is 0 Å². The monoisotopic (exact) mass is 1520 g/mol. The SMILES string of the molecule is CC(=O)CCOCC(C)=O.CC(=O)CCOCC(C)=O.CC(=O)CCOCC(C)=O.CC(=O)CCOCC(C)=O.CSC1CC(=O)C(C(=O)CCCC(C)=O)C1=O.CSC1CC(=O)C(C(=O)CCCC(C)=O)C1=O.CSC1CC(=O)C(CCC(C)=O)C1=O.CSC1CC(=O)C(CCC(C)=O)C1=O. The molecule has 8 unspecified atom stereocenters. The molecule has 0 bridgehead atoms. The third-order valence-electron chi connectivity index (χ3n) is 14.4. The van der Waals surface area contributed by atoms with Crippen LogP contribution in [-0.2, 0) is 124 Å². The molecule has 4 saturated carbocycles. The lowest BCUT2D eigenvalue weighted by Crippen LogP contribution is -2.27. The van der Waals surface area contributed by atoms with Crippen LogP contribution in [0.5, 0.6) is 0 Å². The van der Waals surface area contributed by atoms with E-state index in [2.05, 4.69) is 0 Å². The van der Waals surface area contributed by atoms with Crippen molar-refractivity contribution in [2.45, 2.75) is 220 Å². The fourth-order valence-corrected chi connectivity index (χ4v) is 11.8. The molecule has 8 atom stereocenters. The first-order valence-corrected chi connectivity index (χ1v) is 38.4. The maximum absolute atomic E-state index is 11.8. The van der Waals surface area contributed by atoms with Crippen LogP contribution in [0, 0.1) is 23.7 Å². The van der Waals surface area contributed by atoms with Crippen LogP contribution < -0.4 is 0 Å². The Morgan fingerprint density at radius 1 is 0.275 bits per heavy atom. The van der Waals surface area contributed by atoms with Gasteiger partial charge in [-0.1, -0.05) is 0 Å². The highest BCUT2D eigenvalue weighted by atomic mass is 32.2. The van der Waals surface area contributed by atoms with Crippen molar-refractivity contribution in [1.29, 1.82) is 0 Å². The Kier molecular flexibility index (Phi) is 60.5. The van der Waals surface area contributed by atoms with E-state index in [1.807, 2.05) is 12.5 Å². The van der Waals surface area contributed by atoms with Crippen molar-refractivity contribution >= 4 is 174 Å². The zero-order chi connectivity index (χ0) is 79.4. The van der Waals surface area contributed by atoms with Crippen molar-refractivity contribution in [3.63, 3.8) is 0 Å². The van der Waals surface area contributed by atoms with Crippen LogP contribution in [0.2, 0.25) is 0 Å². The minimum absolute atomic E-state index is 0.00981. The second-order valence-electron chi connectivity index (χ2n) is 24.5. The Labute approximate surface area is 616 Å². The largest absolute Gasteiger partial charge is 0.373 e. The molecule has 0 aromatic carbocycles. The Hall–Kier alpha value is -6.02. The second-order valence-corrected chi connectivity index (χ2v) is 28.7. The highest BCUT2D eigenvalue weighted by Crippen LogP contribution is 2.32. The van der Waals surface area contributed by atoms with Gasteiger partial charge in [0.25, 0.3) is 0 Å². The third-order valence-corrected chi connectivity index (χ3v) is 18.2. The molecule has 4 rings (SSSR count). The van der Waals surface area contributed by atoms with E-state index in [-0.39, 0.29) is 200 Å². The number of hydrogen-bond donors (Lipinski definition) is 0.